The highest BCUT2D eigenvalue weighted by Crippen LogP contribution is 2.39. The fourth-order valence-electron chi connectivity index (χ4n) is 3.13. The van der Waals surface area contributed by atoms with Crippen molar-refractivity contribution in [3.05, 3.63) is 94.5 Å². The molecule has 1 fully saturated rings. The van der Waals surface area contributed by atoms with E-state index in [1.165, 1.54) is 18.2 Å². The van der Waals surface area contributed by atoms with Crippen molar-refractivity contribution >= 4 is 27.1 Å². The molecule has 0 bridgehead atoms. The molecule has 0 amide bonds. The third-order valence-electron chi connectivity index (χ3n) is 4.66. The SMILES string of the molecule is O=[N+]([O-])c1ccc(OCC2CO2)cc1N(c1ccccc1)S(=O)(=O)Cc1ccccc1. The lowest BCUT2D eigenvalue weighted by Crippen LogP contribution is -2.28. The molecule has 0 saturated carbocycles. The molecule has 31 heavy (non-hydrogen) atoms. The minimum atomic E-state index is -4.02. The summed E-state index contributed by atoms with van der Waals surface area (Å²) in [5, 5.41) is 11.8. The lowest BCUT2D eigenvalue weighted by molar-refractivity contribution is -0.384. The molecule has 1 heterocycles. The predicted molar refractivity (Wildman–Crippen MR) is 116 cm³/mol. The van der Waals surface area contributed by atoms with Crippen LogP contribution < -0.4 is 9.04 Å². The van der Waals surface area contributed by atoms with Crippen LogP contribution in [0.3, 0.4) is 0 Å². The Balaban J connectivity index is 1.81. The Kier molecular flexibility index (Phi) is 5.88. The standard InChI is InChI=1S/C22H20N2O6S/c25-24(26)21-12-11-19(29-14-20-15-30-20)13-22(21)23(18-9-5-2-6-10-18)31(27,28)16-17-7-3-1-4-8-17/h1-13,20H,14-16H2. The Hall–Kier alpha value is -3.43. The first kappa shape index (κ1) is 20.8. The molecule has 1 aliphatic rings. The van der Waals surface area contributed by atoms with Gasteiger partial charge in [0.25, 0.3) is 5.69 Å². The third-order valence-corrected chi connectivity index (χ3v) is 6.32. The molecule has 3 aromatic rings. The first-order chi connectivity index (χ1) is 14.9. The lowest BCUT2D eigenvalue weighted by Gasteiger charge is -2.25. The number of benzene rings is 3. The van der Waals surface area contributed by atoms with E-state index in [9.17, 15) is 18.5 Å². The summed E-state index contributed by atoms with van der Waals surface area (Å²) in [6.07, 6.45) is -0.00863. The van der Waals surface area contributed by atoms with Gasteiger partial charge in [-0.25, -0.2) is 12.7 Å². The highest BCUT2D eigenvalue weighted by Gasteiger charge is 2.32. The molecule has 0 aromatic heterocycles. The lowest BCUT2D eigenvalue weighted by atomic mass is 10.2. The van der Waals surface area contributed by atoms with Crippen LogP contribution in [0.2, 0.25) is 0 Å². The van der Waals surface area contributed by atoms with E-state index in [4.69, 9.17) is 9.47 Å². The van der Waals surface area contributed by atoms with Gasteiger partial charge in [0.2, 0.25) is 10.0 Å². The molecule has 3 aromatic carbocycles. The Morgan fingerprint density at radius 1 is 1.03 bits per heavy atom. The molecule has 9 heteroatoms. The van der Waals surface area contributed by atoms with Crippen molar-refractivity contribution in [1.29, 1.82) is 0 Å². The maximum Gasteiger partial charge on any atom is 0.294 e. The van der Waals surface area contributed by atoms with Crippen molar-refractivity contribution in [2.24, 2.45) is 0 Å². The molecule has 160 valence electrons. The number of epoxide rings is 1. The Morgan fingerprint density at radius 3 is 2.29 bits per heavy atom. The van der Waals surface area contributed by atoms with E-state index in [1.54, 1.807) is 60.7 Å². The van der Waals surface area contributed by atoms with E-state index in [-0.39, 0.29) is 23.2 Å². The average Bonchev–Trinajstić information content (AvgIpc) is 3.58. The third kappa shape index (κ3) is 5.01. The summed E-state index contributed by atoms with van der Waals surface area (Å²) < 4.78 is 38.8. The van der Waals surface area contributed by atoms with Crippen molar-refractivity contribution in [3.8, 4) is 5.75 Å². The summed E-state index contributed by atoms with van der Waals surface area (Å²) in [5.74, 6) is 0.00731. The van der Waals surface area contributed by atoms with Crippen LogP contribution in [0.1, 0.15) is 5.56 Å². The number of para-hydroxylation sites is 1. The van der Waals surface area contributed by atoms with Crippen molar-refractivity contribution in [3.63, 3.8) is 0 Å². The number of rotatable bonds is 9. The van der Waals surface area contributed by atoms with E-state index >= 15 is 0 Å². The second-order valence-corrected chi connectivity index (χ2v) is 8.83. The van der Waals surface area contributed by atoms with Crippen LogP contribution >= 0.6 is 0 Å². The molecule has 1 saturated heterocycles. The van der Waals surface area contributed by atoms with Gasteiger partial charge in [-0.3, -0.25) is 10.1 Å². The zero-order valence-electron chi connectivity index (χ0n) is 16.5. The van der Waals surface area contributed by atoms with Crippen LogP contribution in [0.25, 0.3) is 0 Å². The first-order valence-corrected chi connectivity index (χ1v) is 11.2. The van der Waals surface area contributed by atoms with Gasteiger partial charge in [0.1, 0.15) is 24.1 Å². The van der Waals surface area contributed by atoms with Gasteiger partial charge in [0.15, 0.2) is 0 Å². The Bertz CT molecular complexity index is 1170. The van der Waals surface area contributed by atoms with Crippen LogP contribution in [0.5, 0.6) is 5.75 Å². The van der Waals surface area contributed by atoms with E-state index in [0.717, 1.165) is 4.31 Å². The molecule has 1 aliphatic heterocycles. The van der Waals surface area contributed by atoms with Crippen molar-refractivity contribution in [2.75, 3.05) is 17.5 Å². The highest BCUT2D eigenvalue weighted by atomic mass is 32.2. The number of sulfonamides is 1. The van der Waals surface area contributed by atoms with E-state index in [2.05, 4.69) is 0 Å². The normalized spacial score (nSPS) is 15.3. The van der Waals surface area contributed by atoms with E-state index < -0.39 is 14.9 Å². The minimum Gasteiger partial charge on any atom is -0.491 e. The number of nitro groups is 1. The van der Waals surface area contributed by atoms with Crippen molar-refractivity contribution < 1.29 is 22.8 Å². The molecule has 1 atom stereocenters. The summed E-state index contributed by atoms with van der Waals surface area (Å²) in [7, 11) is -4.02. The largest absolute Gasteiger partial charge is 0.491 e. The van der Waals surface area contributed by atoms with Gasteiger partial charge in [-0.1, -0.05) is 48.5 Å². The predicted octanol–water partition coefficient (Wildman–Crippen LogP) is 4.04. The van der Waals surface area contributed by atoms with Gasteiger partial charge in [-0.15, -0.1) is 0 Å². The molecule has 1 unspecified atom stereocenters. The zero-order chi connectivity index (χ0) is 21.8. The molecule has 0 aliphatic carbocycles. The number of anilines is 2. The molecular formula is C22H20N2O6S. The molecule has 4 rings (SSSR count). The van der Waals surface area contributed by atoms with Gasteiger partial charge >= 0.3 is 0 Å². The monoisotopic (exact) mass is 440 g/mol. The Labute approximate surface area is 179 Å². The molecule has 0 spiro atoms. The molecule has 0 radical (unpaired) electrons. The maximum atomic E-state index is 13.5. The van der Waals surface area contributed by atoms with Crippen LogP contribution in [0.15, 0.2) is 78.9 Å². The van der Waals surface area contributed by atoms with E-state index in [1.807, 2.05) is 0 Å². The van der Waals surface area contributed by atoms with Gasteiger partial charge in [0.05, 0.1) is 23.0 Å². The minimum absolute atomic E-state index is 0.00863. The fraction of sp³-hybridized carbons (Fsp3) is 0.182. The smallest absolute Gasteiger partial charge is 0.294 e. The van der Waals surface area contributed by atoms with Gasteiger partial charge < -0.3 is 9.47 Å². The molecule has 8 nitrogen and oxygen atoms in total. The number of ether oxygens (including phenoxy) is 2. The van der Waals surface area contributed by atoms with Gasteiger partial charge in [-0.2, -0.15) is 0 Å². The summed E-state index contributed by atoms with van der Waals surface area (Å²) in [6.45, 7) is 0.890. The fourth-order valence-corrected chi connectivity index (χ4v) is 4.76. The molecular weight excluding hydrogens is 420 g/mol. The summed E-state index contributed by atoms with van der Waals surface area (Å²) in [4.78, 5) is 11.2. The van der Waals surface area contributed by atoms with Crippen LogP contribution in [0, 0.1) is 10.1 Å². The van der Waals surface area contributed by atoms with Crippen LogP contribution in [-0.2, 0) is 20.5 Å². The summed E-state index contributed by atoms with van der Waals surface area (Å²) in [6, 6.07) is 21.1. The van der Waals surface area contributed by atoms with Crippen molar-refractivity contribution in [2.45, 2.75) is 11.9 Å². The number of nitro benzene ring substituents is 1. The van der Waals surface area contributed by atoms with Gasteiger partial charge in [0, 0.05) is 12.1 Å². The highest BCUT2D eigenvalue weighted by molar-refractivity contribution is 7.92. The second kappa shape index (κ2) is 8.75. The summed E-state index contributed by atoms with van der Waals surface area (Å²) >= 11 is 0. The first-order valence-electron chi connectivity index (χ1n) is 9.59. The van der Waals surface area contributed by atoms with Crippen LogP contribution in [0.4, 0.5) is 17.1 Å². The van der Waals surface area contributed by atoms with Gasteiger partial charge in [-0.05, 0) is 23.8 Å². The zero-order valence-corrected chi connectivity index (χ0v) is 17.3. The topological polar surface area (TPSA) is 102 Å². The average molecular weight is 440 g/mol. The van der Waals surface area contributed by atoms with E-state index in [0.29, 0.717) is 30.2 Å². The van der Waals surface area contributed by atoms with Crippen LogP contribution in [-0.4, -0.2) is 32.7 Å². The maximum absolute atomic E-state index is 13.5. The molecule has 0 N–H and O–H groups in total. The number of nitrogens with zero attached hydrogens (tertiary/aromatic N) is 2. The number of hydrogen-bond acceptors (Lipinski definition) is 6. The number of hydrogen-bond donors (Lipinski definition) is 0. The second-order valence-electron chi connectivity index (χ2n) is 7.02. The van der Waals surface area contributed by atoms with Crippen molar-refractivity contribution in [1.82, 2.24) is 0 Å². The Morgan fingerprint density at radius 2 is 1.68 bits per heavy atom. The quantitative estimate of drug-likeness (QED) is 0.283. The summed E-state index contributed by atoms with van der Waals surface area (Å²) in [5.41, 5.74) is 0.449.